The van der Waals surface area contributed by atoms with Gasteiger partial charge in [0, 0.05) is 13.1 Å². The molecule has 3 amide bonds. The Morgan fingerprint density at radius 3 is 2.35 bits per heavy atom. The molecule has 5 N–H and O–H groups in total. The Balaban J connectivity index is 1.77. The van der Waals surface area contributed by atoms with Crippen LogP contribution in [0.15, 0.2) is 54.6 Å². The number of aromatic nitrogens is 1. The molecule has 0 radical (unpaired) electrons. The zero-order valence-corrected chi connectivity index (χ0v) is 19.8. The molecule has 0 fully saturated rings. The number of carbonyl (C=O) groups excluding carboxylic acids is 3. The Bertz CT molecular complexity index is 1150. The first-order valence-corrected chi connectivity index (χ1v) is 11.4. The normalized spacial score (nSPS) is 11.5. The molecule has 178 valence electrons. The van der Waals surface area contributed by atoms with E-state index in [-0.39, 0.29) is 28.7 Å². The zero-order chi connectivity index (χ0) is 24.7. The lowest BCUT2D eigenvalue weighted by atomic mass is 10.1. The molecule has 1 unspecified atom stereocenters. The number of nitrogens with zero attached hydrogens (tertiary/aromatic N) is 2. The molecule has 0 spiro atoms. The fraction of sp³-hybridized carbons (Fsp3) is 0.250. The minimum Gasteiger partial charge on any atom is -0.497 e. The summed E-state index contributed by atoms with van der Waals surface area (Å²) < 4.78 is 9.06. The molecule has 9 nitrogen and oxygen atoms in total. The van der Waals surface area contributed by atoms with Crippen molar-refractivity contribution in [3.63, 3.8) is 0 Å². The van der Waals surface area contributed by atoms with Gasteiger partial charge in [0.2, 0.25) is 5.91 Å². The third-order valence-electron chi connectivity index (χ3n) is 5.37. The SMILES string of the molecule is COc1ccc(CNC(=O)C(C)N(CCc2ccccc2)C(=O)c2snc(C(N)=O)c2N)cc1. The van der Waals surface area contributed by atoms with Crippen LogP contribution in [0, 0.1) is 0 Å². The van der Waals surface area contributed by atoms with E-state index in [0.717, 1.165) is 28.4 Å². The van der Waals surface area contributed by atoms with E-state index < -0.39 is 17.9 Å². The number of nitrogens with one attached hydrogen (secondary N) is 1. The van der Waals surface area contributed by atoms with Gasteiger partial charge < -0.3 is 26.4 Å². The van der Waals surface area contributed by atoms with E-state index in [0.29, 0.717) is 13.0 Å². The smallest absolute Gasteiger partial charge is 0.270 e. The minimum absolute atomic E-state index is 0.0712. The Morgan fingerprint density at radius 1 is 1.09 bits per heavy atom. The predicted octanol–water partition coefficient (Wildman–Crippen LogP) is 2.22. The highest BCUT2D eigenvalue weighted by atomic mass is 32.1. The lowest BCUT2D eigenvalue weighted by Gasteiger charge is -2.28. The van der Waals surface area contributed by atoms with Crippen molar-refractivity contribution in [3.8, 4) is 5.75 Å². The molecule has 0 aliphatic heterocycles. The molecule has 1 aromatic heterocycles. The number of primary amides is 1. The summed E-state index contributed by atoms with van der Waals surface area (Å²) in [6.07, 6.45) is 0.532. The van der Waals surface area contributed by atoms with E-state index in [1.165, 1.54) is 4.90 Å². The first kappa shape index (κ1) is 24.7. The van der Waals surface area contributed by atoms with Crippen molar-refractivity contribution in [1.82, 2.24) is 14.6 Å². The fourth-order valence-corrected chi connectivity index (χ4v) is 4.11. The van der Waals surface area contributed by atoms with Crippen LogP contribution < -0.4 is 21.5 Å². The predicted molar refractivity (Wildman–Crippen MR) is 131 cm³/mol. The lowest BCUT2D eigenvalue weighted by Crippen LogP contribution is -2.48. The van der Waals surface area contributed by atoms with Gasteiger partial charge in [-0.2, -0.15) is 4.37 Å². The van der Waals surface area contributed by atoms with Gasteiger partial charge >= 0.3 is 0 Å². The Kier molecular flexibility index (Phi) is 8.20. The third-order valence-corrected chi connectivity index (χ3v) is 6.22. The van der Waals surface area contributed by atoms with Crippen molar-refractivity contribution < 1.29 is 19.1 Å². The molecule has 3 rings (SSSR count). The summed E-state index contributed by atoms with van der Waals surface area (Å²) in [5.74, 6) is -0.895. The summed E-state index contributed by atoms with van der Waals surface area (Å²) in [4.78, 5) is 39.4. The number of ether oxygens (including phenoxy) is 1. The molecule has 0 bridgehead atoms. The zero-order valence-electron chi connectivity index (χ0n) is 19.0. The topological polar surface area (TPSA) is 141 Å². The second-order valence-corrected chi connectivity index (χ2v) is 8.39. The van der Waals surface area contributed by atoms with Crippen molar-refractivity contribution in [2.75, 3.05) is 19.4 Å². The number of anilines is 1. The summed E-state index contributed by atoms with van der Waals surface area (Å²) in [6, 6.07) is 16.1. The lowest BCUT2D eigenvalue weighted by molar-refractivity contribution is -0.125. The van der Waals surface area contributed by atoms with Crippen LogP contribution in [0.2, 0.25) is 0 Å². The van der Waals surface area contributed by atoms with Crippen LogP contribution in [0.3, 0.4) is 0 Å². The number of rotatable bonds is 10. The van der Waals surface area contributed by atoms with Crippen LogP contribution in [0.25, 0.3) is 0 Å². The number of hydrogen-bond donors (Lipinski definition) is 3. The maximum absolute atomic E-state index is 13.4. The van der Waals surface area contributed by atoms with Gasteiger partial charge in [0.25, 0.3) is 11.8 Å². The van der Waals surface area contributed by atoms with Gasteiger partial charge in [-0.15, -0.1) is 0 Å². The number of hydrogen-bond acceptors (Lipinski definition) is 7. The van der Waals surface area contributed by atoms with E-state index in [2.05, 4.69) is 9.69 Å². The second kappa shape index (κ2) is 11.3. The summed E-state index contributed by atoms with van der Waals surface area (Å²) in [6.45, 7) is 2.21. The Hall–Kier alpha value is -3.92. The average molecular weight is 482 g/mol. The van der Waals surface area contributed by atoms with E-state index in [1.807, 2.05) is 54.6 Å². The Morgan fingerprint density at radius 2 is 1.76 bits per heavy atom. The number of benzene rings is 2. The van der Waals surface area contributed by atoms with Gasteiger partial charge in [0.15, 0.2) is 5.69 Å². The van der Waals surface area contributed by atoms with Crippen molar-refractivity contribution in [1.29, 1.82) is 0 Å². The molecule has 34 heavy (non-hydrogen) atoms. The molecule has 1 atom stereocenters. The maximum Gasteiger partial charge on any atom is 0.270 e. The standard InChI is InChI=1S/C24H27N5O4S/c1-15(23(31)27-14-17-8-10-18(33-2)11-9-17)29(13-12-16-6-4-3-5-7-16)24(32)21-19(25)20(22(26)30)28-34-21/h3-11,15H,12-14,25H2,1-2H3,(H2,26,30)(H,27,31). The van der Waals surface area contributed by atoms with Gasteiger partial charge in [0.1, 0.15) is 16.7 Å². The third kappa shape index (κ3) is 5.90. The van der Waals surface area contributed by atoms with Crippen LogP contribution in [0.4, 0.5) is 5.69 Å². The number of carbonyl (C=O) groups is 3. The van der Waals surface area contributed by atoms with Crippen molar-refractivity contribution in [2.24, 2.45) is 5.73 Å². The average Bonchev–Trinajstić information content (AvgIpc) is 3.24. The van der Waals surface area contributed by atoms with Crippen LogP contribution in [-0.2, 0) is 17.8 Å². The number of nitrogens with two attached hydrogens (primary N) is 2. The van der Waals surface area contributed by atoms with E-state index in [1.54, 1.807) is 14.0 Å². The summed E-state index contributed by atoms with van der Waals surface area (Å²) in [5, 5.41) is 2.87. The largest absolute Gasteiger partial charge is 0.497 e. The summed E-state index contributed by atoms with van der Waals surface area (Å²) in [5.41, 5.74) is 13.0. The molecule has 3 aromatic rings. The first-order chi connectivity index (χ1) is 16.3. The second-order valence-electron chi connectivity index (χ2n) is 7.61. The number of nitrogen functional groups attached to an aromatic ring is 1. The van der Waals surface area contributed by atoms with Gasteiger partial charge in [-0.25, -0.2) is 0 Å². The van der Waals surface area contributed by atoms with Crippen molar-refractivity contribution in [3.05, 3.63) is 76.3 Å². The van der Waals surface area contributed by atoms with Crippen molar-refractivity contribution >= 4 is 34.9 Å². The minimum atomic E-state index is -0.811. The molecule has 10 heteroatoms. The van der Waals surface area contributed by atoms with Gasteiger partial charge in [0.05, 0.1) is 12.8 Å². The molecule has 2 aromatic carbocycles. The summed E-state index contributed by atoms with van der Waals surface area (Å²) >= 11 is 0.795. The molecule has 0 saturated carbocycles. The molecular formula is C24H27N5O4S. The van der Waals surface area contributed by atoms with Crippen LogP contribution in [0.1, 0.15) is 38.2 Å². The van der Waals surface area contributed by atoms with Crippen LogP contribution in [-0.4, -0.2) is 46.7 Å². The van der Waals surface area contributed by atoms with E-state index in [4.69, 9.17) is 16.2 Å². The molecule has 0 saturated heterocycles. The van der Waals surface area contributed by atoms with Gasteiger partial charge in [-0.1, -0.05) is 42.5 Å². The Labute approximate surface area is 201 Å². The summed E-state index contributed by atoms with van der Waals surface area (Å²) in [7, 11) is 1.59. The quantitative estimate of drug-likeness (QED) is 0.406. The monoisotopic (exact) mass is 481 g/mol. The van der Waals surface area contributed by atoms with Crippen LogP contribution in [0.5, 0.6) is 5.75 Å². The molecular weight excluding hydrogens is 454 g/mol. The number of amides is 3. The highest BCUT2D eigenvalue weighted by molar-refractivity contribution is 7.09. The number of methoxy groups -OCH3 is 1. The maximum atomic E-state index is 13.4. The first-order valence-electron chi connectivity index (χ1n) is 10.6. The molecule has 1 heterocycles. The van der Waals surface area contributed by atoms with Crippen molar-refractivity contribution in [2.45, 2.75) is 25.9 Å². The highest BCUT2D eigenvalue weighted by Crippen LogP contribution is 2.24. The fourth-order valence-electron chi connectivity index (χ4n) is 3.35. The molecule has 0 aliphatic rings. The van der Waals surface area contributed by atoms with Gasteiger partial charge in [-0.05, 0) is 48.1 Å². The highest BCUT2D eigenvalue weighted by Gasteiger charge is 2.30. The van der Waals surface area contributed by atoms with Gasteiger partial charge in [-0.3, -0.25) is 14.4 Å². The van der Waals surface area contributed by atoms with E-state index >= 15 is 0 Å². The van der Waals surface area contributed by atoms with Crippen LogP contribution >= 0.6 is 11.5 Å². The van der Waals surface area contributed by atoms with E-state index in [9.17, 15) is 14.4 Å². The molecule has 0 aliphatic carbocycles.